The van der Waals surface area contributed by atoms with Crippen LogP contribution in [-0.4, -0.2) is 35.1 Å². The third-order valence-corrected chi connectivity index (χ3v) is 4.08. The lowest BCUT2D eigenvalue weighted by atomic mass is 10.2. The first-order valence-electron chi connectivity index (χ1n) is 6.25. The largest absolute Gasteiger partial charge is 0.356 e. The van der Waals surface area contributed by atoms with Gasteiger partial charge < -0.3 is 4.90 Å². The second-order valence-corrected chi connectivity index (χ2v) is 6.41. The van der Waals surface area contributed by atoms with Crippen molar-refractivity contribution in [2.45, 2.75) is 39.2 Å². The molecule has 1 aromatic rings. The number of nitrogens with zero attached hydrogens (tertiary/aromatic N) is 3. The highest BCUT2D eigenvalue weighted by Crippen LogP contribution is 2.22. The Balaban J connectivity index is 3.00. The molecule has 1 atom stereocenters. The number of thioether (sulfide) groups is 1. The van der Waals surface area contributed by atoms with Crippen LogP contribution < -0.4 is 4.90 Å². The molecule has 0 aliphatic carbocycles. The summed E-state index contributed by atoms with van der Waals surface area (Å²) < 4.78 is 0.863. The topological polar surface area (TPSA) is 29.0 Å². The predicted molar refractivity (Wildman–Crippen MR) is 84.7 cm³/mol. The molecule has 1 heterocycles. The van der Waals surface area contributed by atoms with Gasteiger partial charge in [0.2, 0.25) is 0 Å². The monoisotopic (exact) mass is 331 g/mol. The zero-order valence-electron chi connectivity index (χ0n) is 11.8. The Morgan fingerprint density at radius 1 is 1.39 bits per heavy atom. The fourth-order valence-electron chi connectivity index (χ4n) is 1.74. The van der Waals surface area contributed by atoms with Crippen LogP contribution in [0.15, 0.2) is 10.7 Å². The van der Waals surface area contributed by atoms with Crippen LogP contribution in [0.1, 0.15) is 38.9 Å². The van der Waals surface area contributed by atoms with E-state index in [1.807, 2.05) is 17.8 Å². The zero-order chi connectivity index (χ0) is 13.7. The predicted octanol–water partition coefficient (Wildman–Crippen LogP) is 3.94. The molecule has 1 unspecified atom stereocenters. The lowest BCUT2D eigenvalue weighted by molar-refractivity contribution is 0.657. The molecule has 0 saturated carbocycles. The van der Waals surface area contributed by atoms with Crippen LogP contribution in [-0.2, 0) is 0 Å². The minimum Gasteiger partial charge on any atom is -0.356 e. The molecule has 0 fully saturated rings. The number of rotatable bonds is 6. The van der Waals surface area contributed by atoms with Gasteiger partial charge in [0.25, 0.3) is 0 Å². The fourth-order valence-corrected chi connectivity index (χ4v) is 2.98. The van der Waals surface area contributed by atoms with Crippen molar-refractivity contribution in [2.75, 3.05) is 24.0 Å². The van der Waals surface area contributed by atoms with Gasteiger partial charge in [0, 0.05) is 30.8 Å². The Morgan fingerprint density at radius 2 is 2.06 bits per heavy atom. The third-order valence-electron chi connectivity index (χ3n) is 2.95. The first-order valence-corrected chi connectivity index (χ1v) is 8.44. The summed E-state index contributed by atoms with van der Waals surface area (Å²) in [7, 11) is 2.11. The number of anilines is 1. The zero-order valence-corrected chi connectivity index (χ0v) is 14.2. The van der Waals surface area contributed by atoms with Gasteiger partial charge in [-0.15, -0.1) is 0 Å². The summed E-state index contributed by atoms with van der Waals surface area (Å²) in [6, 6.07) is 2.51. The molecule has 1 aromatic heterocycles. The Labute approximate surface area is 123 Å². The fraction of sp³-hybridized carbons (Fsp3) is 0.692. The number of halogens is 1. The minimum atomic E-state index is 0.343. The van der Waals surface area contributed by atoms with Crippen LogP contribution in [0.4, 0.5) is 5.82 Å². The quantitative estimate of drug-likeness (QED) is 0.738. The van der Waals surface area contributed by atoms with E-state index in [-0.39, 0.29) is 0 Å². The van der Waals surface area contributed by atoms with E-state index in [0.29, 0.717) is 12.0 Å². The first-order chi connectivity index (χ1) is 8.49. The molecular formula is C13H22BrN3S. The van der Waals surface area contributed by atoms with E-state index < -0.39 is 0 Å². The van der Waals surface area contributed by atoms with Gasteiger partial charge in [0.15, 0.2) is 0 Å². The summed E-state index contributed by atoms with van der Waals surface area (Å²) in [4.78, 5) is 11.3. The maximum Gasteiger partial charge on any atom is 0.134 e. The van der Waals surface area contributed by atoms with Gasteiger partial charge in [-0.3, -0.25) is 0 Å². The van der Waals surface area contributed by atoms with Gasteiger partial charge in [-0.1, -0.05) is 20.8 Å². The molecule has 0 saturated heterocycles. The standard InChI is InChI=1S/C13H22BrN3S/c1-6-10(8-18-5)17(4)12-7-11(14)15-13(16-12)9(2)3/h7,9-10H,6,8H2,1-5H3. The van der Waals surface area contributed by atoms with Crippen molar-refractivity contribution in [3.63, 3.8) is 0 Å². The van der Waals surface area contributed by atoms with Crippen molar-refractivity contribution >= 4 is 33.5 Å². The summed E-state index contributed by atoms with van der Waals surface area (Å²) in [6.45, 7) is 6.45. The molecule has 0 aromatic carbocycles. The average molecular weight is 332 g/mol. The molecule has 0 spiro atoms. The summed E-state index contributed by atoms with van der Waals surface area (Å²) in [6.07, 6.45) is 3.27. The SMILES string of the molecule is CCC(CSC)N(C)c1cc(Br)nc(C(C)C)n1. The van der Waals surface area contributed by atoms with Gasteiger partial charge in [-0.2, -0.15) is 11.8 Å². The van der Waals surface area contributed by atoms with Crippen molar-refractivity contribution < 1.29 is 0 Å². The summed E-state index contributed by atoms with van der Waals surface area (Å²) in [5, 5.41) is 0. The van der Waals surface area contributed by atoms with Gasteiger partial charge in [-0.25, -0.2) is 9.97 Å². The molecule has 1 rings (SSSR count). The molecule has 0 amide bonds. The van der Waals surface area contributed by atoms with E-state index in [1.165, 1.54) is 0 Å². The van der Waals surface area contributed by atoms with Gasteiger partial charge >= 0.3 is 0 Å². The van der Waals surface area contributed by atoms with Crippen LogP contribution in [0.2, 0.25) is 0 Å². The Hall–Kier alpha value is -0.290. The van der Waals surface area contributed by atoms with E-state index >= 15 is 0 Å². The van der Waals surface area contributed by atoms with E-state index in [0.717, 1.165) is 28.4 Å². The van der Waals surface area contributed by atoms with Crippen molar-refractivity contribution in [3.05, 3.63) is 16.5 Å². The smallest absolute Gasteiger partial charge is 0.134 e. The number of hydrogen-bond acceptors (Lipinski definition) is 4. The summed E-state index contributed by atoms with van der Waals surface area (Å²) in [5.74, 6) is 3.35. The van der Waals surface area contributed by atoms with E-state index in [9.17, 15) is 0 Å². The molecule has 0 bridgehead atoms. The van der Waals surface area contributed by atoms with Crippen molar-refractivity contribution in [1.82, 2.24) is 9.97 Å². The molecule has 0 aliphatic heterocycles. The average Bonchev–Trinajstić information content (AvgIpc) is 2.34. The lowest BCUT2D eigenvalue weighted by Crippen LogP contribution is -2.34. The van der Waals surface area contributed by atoms with Crippen LogP contribution >= 0.6 is 27.7 Å². The van der Waals surface area contributed by atoms with E-state index in [2.05, 4.69) is 64.9 Å². The molecule has 3 nitrogen and oxygen atoms in total. The summed E-state index contributed by atoms with van der Waals surface area (Å²) in [5.41, 5.74) is 0. The maximum atomic E-state index is 4.66. The molecule has 5 heteroatoms. The van der Waals surface area contributed by atoms with Crippen molar-refractivity contribution in [2.24, 2.45) is 0 Å². The highest BCUT2D eigenvalue weighted by atomic mass is 79.9. The Bertz CT molecular complexity index is 384. The molecule has 0 aliphatic rings. The third kappa shape index (κ3) is 4.12. The second-order valence-electron chi connectivity index (χ2n) is 4.69. The van der Waals surface area contributed by atoms with Crippen LogP contribution in [0.25, 0.3) is 0 Å². The minimum absolute atomic E-state index is 0.343. The van der Waals surface area contributed by atoms with Crippen LogP contribution in [0, 0.1) is 0 Å². The molecule has 102 valence electrons. The van der Waals surface area contributed by atoms with Crippen LogP contribution in [0.5, 0.6) is 0 Å². The molecular weight excluding hydrogens is 310 g/mol. The number of aromatic nitrogens is 2. The van der Waals surface area contributed by atoms with Crippen LogP contribution in [0.3, 0.4) is 0 Å². The first kappa shape index (κ1) is 15.8. The maximum absolute atomic E-state index is 4.66. The van der Waals surface area contributed by atoms with Gasteiger partial charge in [0.1, 0.15) is 16.2 Å². The Kier molecular flexibility index (Phi) is 6.43. The molecule has 0 N–H and O–H groups in total. The highest BCUT2D eigenvalue weighted by Gasteiger charge is 2.16. The summed E-state index contributed by atoms with van der Waals surface area (Å²) >= 11 is 5.35. The Morgan fingerprint density at radius 3 is 2.56 bits per heavy atom. The van der Waals surface area contributed by atoms with Gasteiger partial charge in [-0.05, 0) is 28.6 Å². The lowest BCUT2D eigenvalue weighted by Gasteiger charge is -2.28. The molecule has 0 radical (unpaired) electrons. The van der Waals surface area contributed by atoms with E-state index in [4.69, 9.17) is 0 Å². The van der Waals surface area contributed by atoms with E-state index in [1.54, 1.807) is 0 Å². The van der Waals surface area contributed by atoms with Gasteiger partial charge in [0.05, 0.1) is 0 Å². The molecule has 18 heavy (non-hydrogen) atoms. The second kappa shape index (κ2) is 7.34. The van der Waals surface area contributed by atoms with Crippen molar-refractivity contribution in [3.8, 4) is 0 Å². The highest BCUT2D eigenvalue weighted by molar-refractivity contribution is 9.10. The normalized spacial score (nSPS) is 12.8. The number of hydrogen-bond donors (Lipinski definition) is 0. The van der Waals surface area contributed by atoms with Crippen molar-refractivity contribution in [1.29, 1.82) is 0 Å².